The van der Waals surface area contributed by atoms with Crippen molar-refractivity contribution in [2.75, 3.05) is 0 Å². The first-order valence-electron chi connectivity index (χ1n) is 5.79. The zero-order valence-corrected chi connectivity index (χ0v) is 10.1. The van der Waals surface area contributed by atoms with Crippen LogP contribution in [-0.4, -0.2) is 15.0 Å². The van der Waals surface area contributed by atoms with Crippen LogP contribution in [0.25, 0.3) is 22.4 Å². The molecule has 20 heavy (non-hydrogen) atoms. The van der Waals surface area contributed by atoms with Crippen molar-refractivity contribution in [3.05, 3.63) is 54.4 Å². The zero-order chi connectivity index (χ0) is 14.2. The molecule has 0 radical (unpaired) electrons. The fourth-order valence-corrected chi connectivity index (χ4v) is 1.84. The largest absolute Gasteiger partial charge is 0.416 e. The Kier molecular flexibility index (Phi) is 2.85. The molecule has 0 aliphatic rings. The molecular formula is C14H8F3N3. The number of halogens is 3. The van der Waals surface area contributed by atoms with E-state index in [9.17, 15) is 13.2 Å². The second-order valence-corrected chi connectivity index (χ2v) is 4.18. The number of nitrogens with zero attached hydrogens (tertiary/aromatic N) is 3. The van der Waals surface area contributed by atoms with Crippen molar-refractivity contribution >= 4 is 11.0 Å². The molecule has 0 atom stereocenters. The molecule has 0 aliphatic carbocycles. The number of alkyl halides is 3. The highest BCUT2D eigenvalue weighted by atomic mass is 19.4. The lowest BCUT2D eigenvalue weighted by Gasteiger charge is -2.08. The lowest BCUT2D eigenvalue weighted by Crippen LogP contribution is -2.04. The molecule has 2 aromatic heterocycles. The monoisotopic (exact) mass is 275 g/mol. The maximum atomic E-state index is 12.7. The molecule has 100 valence electrons. The molecule has 3 rings (SSSR count). The molecule has 3 aromatic rings. The Labute approximate surface area is 112 Å². The molecule has 0 spiro atoms. The van der Waals surface area contributed by atoms with Crippen molar-refractivity contribution in [3.63, 3.8) is 0 Å². The number of benzene rings is 1. The van der Waals surface area contributed by atoms with Crippen molar-refractivity contribution < 1.29 is 13.2 Å². The highest BCUT2D eigenvalue weighted by Crippen LogP contribution is 2.31. The van der Waals surface area contributed by atoms with Crippen LogP contribution in [0, 0.1) is 0 Å². The topological polar surface area (TPSA) is 38.7 Å². The first-order chi connectivity index (χ1) is 9.54. The maximum Gasteiger partial charge on any atom is 0.416 e. The van der Waals surface area contributed by atoms with Gasteiger partial charge in [0.2, 0.25) is 0 Å². The van der Waals surface area contributed by atoms with Gasteiger partial charge in [0.1, 0.15) is 5.52 Å². The van der Waals surface area contributed by atoms with Crippen LogP contribution in [-0.2, 0) is 6.18 Å². The number of aromatic nitrogens is 3. The number of rotatable bonds is 1. The maximum absolute atomic E-state index is 12.7. The van der Waals surface area contributed by atoms with Crippen molar-refractivity contribution in [2.45, 2.75) is 6.18 Å². The van der Waals surface area contributed by atoms with Gasteiger partial charge in [-0.1, -0.05) is 12.1 Å². The average Bonchev–Trinajstić information content (AvgIpc) is 2.46. The average molecular weight is 275 g/mol. The highest BCUT2D eigenvalue weighted by molar-refractivity contribution is 5.75. The summed E-state index contributed by atoms with van der Waals surface area (Å²) >= 11 is 0. The Morgan fingerprint density at radius 3 is 2.55 bits per heavy atom. The van der Waals surface area contributed by atoms with E-state index in [2.05, 4.69) is 15.0 Å². The SMILES string of the molecule is FC(F)(F)c1cccc(-c2ncc3ncccc3n2)c1. The van der Waals surface area contributed by atoms with E-state index in [0.29, 0.717) is 16.6 Å². The van der Waals surface area contributed by atoms with Gasteiger partial charge in [0, 0.05) is 11.8 Å². The summed E-state index contributed by atoms with van der Waals surface area (Å²) in [7, 11) is 0. The van der Waals surface area contributed by atoms with Crippen LogP contribution in [0.1, 0.15) is 5.56 Å². The molecule has 0 saturated heterocycles. The van der Waals surface area contributed by atoms with Gasteiger partial charge < -0.3 is 0 Å². The standard InChI is InChI=1S/C14H8F3N3/c15-14(16,17)10-4-1-3-9(7-10)13-19-8-12-11(20-13)5-2-6-18-12/h1-8H. The Morgan fingerprint density at radius 1 is 0.900 bits per heavy atom. The molecule has 0 bridgehead atoms. The first-order valence-corrected chi connectivity index (χ1v) is 5.79. The Balaban J connectivity index is 2.11. The molecule has 6 heteroatoms. The summed E-state index contributed by atoms with van der Waals surface area (Å²) in [5.41, 5.74) is 0.800. The minimum Gasteiger partial charge on any atom is -0.253 e. The summed E-state index contributed by atoms with van der Waals surface area (Å²) < 4.78 is 38.1. The van der Waals surface area contributed by atoms with Crippen molar-refractivity contribution in [1.82, 2.24) is 15.0 Å². The van der Waals surface area contributed by atoms with Crippen molar-refractivity contribution in [3.8, 4) is 11.4 Å². The third-order valence-electron chi connectivity index (χ3n) is 2.80. The van der Waals surface area contributed by atoms with Gasteiger partial charge >= 0.3 is 6.18 Å². The van der Waals surface area contributed by atoms with E-state index in [1.807, 2.05) is 0 Å². The second-order valence-electron chi connectivity index (χ2n) is 4.18. The molecule has 0 fully saturated rings. The van der Waals surface area contributed by atoms with E-state index in [1.54, 1.807) is 24.4 Å². The van der Waals surface area contributed by atoms with E-state index < -0.39 is 11.7 Å². The quantitative estimate of drug-likeness (QED) is 0.679. The lowest BCUT2D eigenvalue weighted by atomic mass is 10.1. The summed E-state index contributed by atoms with van der Waals surface area (Å²) in [5.74, 6) is 0.247. The molecular weight excluding hydrogens is 267 g/mol. The molecule has 0 saturated carbocycles. The van der Waals surface area contributed by atoms with Crippen molar-refractivity contribution in [1.29, 1.82) is 0 Å². The molecule has 0 aliphatic heterocycles. The smallest absolute Gasteiger partial charge is 0.253 e. The van der Waals surface area contributed by atoms with E-state index in [1.165, 1.54) is 12.3 Å². The van der Waals surface area contributed by atoms with Crippen LogP contribution in [0.5, 0.6) is 0 Å². The van der Waals surface area contributed by atoms with E-state index in [-0.39, 0.29) is 5.82 Å². The summed E-state index contributed by atoms with van der Waals surface area (Å²) in [6, 6.07) is 8.40. The van der Waals surface area contributed by atoms with E-state index in [4.69, 9.17) is 0 Å². The van der Waals surface area contributed by atoms with Crippen LogP contribution in [0.2, 0.25) is 0 Å². The van der Waals surface area contributed by atoms with Gasteiger partial charge in [0.05, 0.1) is 17.3 Å². The van der Waals surface area contributed by atoms with Crippen LogP contribution in [0.15, 0.2) is 48.8 Å². The normalized spacial score (nSPS) is 11.8. The summed E-state index contributed by atoms with van der Waals surface area (Å²) in [5, 5.41) is 0. The second kappa shape index (κ2) is 4.56. The lowest BCUT2D eigenvalue weighted by molar-refractivity contribution is -0.137. The van der Waals surface area contributed by atoms with Gasteiger partial charge in [0.15, 0.2) is 5.82 Å². The Bertz CT molecular complexity index is 769. The summed E-state index contributed by atoms with van der Waals surface area (Å²) in [6.07, 6.45) is -1.28. The molecule has 2 heterocycles. The van der Waals surface area contributed by atoms with E-state index >= 15 is 0 Å². The van der Waals surface area contributed by atoms with Crippen LogP contribution >= 0.6 is 0 Å². The minimum atomic E-state index is -4.38. The predicted molar refractivity (Wildman–Crippen MR) is 67.8 cm³/mol. The molecule has 0 unspecified atom stereocenters. The Morgan fingerprint density at radius 2 is 1.75 bits per heavy atom. The third kappa shape index (κ3) is 2.32. The number of hydrogen-bond acceptors (Lipinski definition) is 3. The first kappa shape index (κ1) is 12.5. The number of fused-ring (bicyclic) bond motifs is 1. The van der Waals surface area contributed by atoms with Gasteiger partial charge in [-0.2, -0.15) is 13.2 Å². The van der Waals surface area contributed by atoms with Crippen LogP contribution < -0.4 is 0 Å². The number of pyridine rings is 1. The summed E-state index contributed by atoms with van der Waals surface area (Å²) in [6.45, 7) is 0. The number of hydrogen-bond donors (Lipinski definition) is 0. The fraction of sp³-hybridized carbons (Fsp3) is 0.0714. The Hall–Kier alpha value is -2.50. The minimum absolute atomic E-state index is 0.247. The fourth-order valence-electron chi connectivity index (χ4n) is 1.84. The van der Waals surface area contributed by atoms with Crippen LogP contribution in [0.3, 0.4) is 0 Å². The van der Waals surface area contributed by atoms with Crippen molar-refractivity contribution in [2.24, 2.45) is 0 Å². The molecule has 0 N–H and O–H groups in total. The molecule has 3 nitrogen and oxygen atoms in total. The van der Waals surface area contributed by atoms with Gasteiger partial charge in [-0.25, -0.2) is 9.97 Å². The van der Waals surface area contributed by atoms with E-state index in [0.717, 1.165) is 12.1 Å². The van der Waals surface area contributed by atoms with Gasteiger partial charge in [-0.3, -0.25) is 4.98 Å². The molecule has 0 amide bonds. The van der Waals surface area contributed by atoms with Crippen LogP contribution in [0.4, 0.5) is 13.2 Å². The molecule has 1 aromatic carbocycles. The van der Waals surface area contributed by atoms with Gasteiger partial charge in [0.25, 0.3) is 0 Å². The van der Waals surface area contributed by atoms with Gasteiger partial charge in [-0.15, -0.1) is 0 Å². The predicted octanol–water partition coefficient (Wildman–Crippen LogP) is 3.71. The van der Waals surface area contributed by atoms with Gasteiger partial charge in [-0.05, 0) is 24.3 Å². The summed E-state index contributed by atoms with van der Waals surface area (Å²) in [4.78, 5) is 12.4. The third-order valence-corrected chi connectivity index (χ3v) is 2.80. The zero-order valence-electron chi connectivity index (χ0n) is 10.1. The highest BCUT2D eigenvalue weighted by Gasteiger charge is 2.30.